The number of rotatable bonds is 4. The van der Waals surface area contributed by atoms with Crippen LogP contribution < -0.4 is 4.74 Å². The predicted octanol–water partition coefficient (Wildman–Crippen LogP) is 4.41. The fraction of sp³-hybridized carbons (Fsp3) is 0.176. The molecule has 24 heavy (non-hydrogen) atoms. The van der Waals surface area contributed by atoms with E-state index < -0.39 is 5.97 Å². The van der Waals surface area contributed by atoms with Gasteiger partial charge in [0.15, 0.2) is 0 Å². The van der Waals surface area contributed by atoms with Crippen molar-refractivity contribution in [3.63, 3.8) is 0 Å². The Kier molecular flexibility index (Phi) is 4.39. The number of fused-ring (bicyclic) bond motifs is 1. The van der Waals surface area contributed by atoms with E-state index in [9.17, 15) is 9.90 Å². The van der Waals surface area contributed by atoms with Gasteiger partial charge in [-0.3, -0.25) is 4.57 Å². The summed E-state index contributed by atoms with van der Waals surface area (Å²) in [6, 6.07) is 8.81. The minimum absolute atomic E-state index is 0.200. The lowest BCUT2D eigenvalue weighted by Crippen LogP contribution is -2.04. The van der Waals surface area contributed by atoms with Crippen molar-refractivity contribution in [3.05, 3.63) is 57.1 Å². The number of carboxylic acid groups (broad SMARTS) is 1. The first-order valence-corrected chi connectivity index (χ1v) is 7.88. The van der Waals surface area contributed by atoms with E-state index in [2.05, 4.69) is 4.98 Å². The number of benzene rings is 2. The average Bonchev–Trinajstić information content (AvgIpc) is 2.88. The number of hydrogen-bond donors (Lipinski definition) is 1. The summed E-state index contributed by atoms with van der Waals surface area (Å²) < 4.78 is 7.15. The number of carbonyl (C=O) groups is 1. The Hall–Kier alpha value is -2.24. The second-order valence-corrected chi connectivity index (χ2v) is 6.23. The fourth-order valence-electron chi connectivity index (χ4n) is 2.62. The minimum atomic E-state index is -0.990. The lowest BCUT2D eigenvalue weighted by molar-refractivity contribution is 0.0697. The third-order valence-electron chi connectivity index (χ3n) is 3.78. The summed E-state index contributed by atoms with van der Waals surface area (Å²) in [5.74, 6) is -0.990. The van der Waals surface area contributed by atoms with Gasteiger partial charge in [-0.2, -0.15) is 4.98 Å². The van der Waals surface area contributed by atoms with Gasteiger partial charge in [-0.05, 0) is 42.3 Å². The summed E-state index contributed by atoms with van der Waals surface area (Å²) in [7, 11) is 1.52. The molecule has 0 bridgehead atoms. The fourth-order valence-corrected chi connectivity index (χ4v) is 3.09. The van der Waals surface area contributed by atoms with Gasteiger partial charge >= 0.3 is 5.97 Å². The SMILES string of the molecule is COc1nc2c(C)cc(C(=O)O)cc2n1Cc1ccc(Cl)cc1Cl. The van der Waals surface area contributed by atoms with E-state index in [1.54, 1.807) is 28.8 Å². The average molecular weight is 365 g/mol. The predicted molar refractivity (Wildman–Crippen MR) is 93.5 cm³/mol. The van der Waals surface area contributed by atoms with Crippen LogP contribution in [-0.4, -0.2) is 27.7 Å². The van der Waals surface area contributed by atoms with Crippen LogP contribution >= 0.6 is 23.2 Å². The number of carboxylic acids is 1. The van der Waals surface area contributed by atoms with E-state index in [1.807, 2.05) is 13.0 Å². The van der Waals surface area contributed by atoms with Gasteiger partial charge in [0, 0.05) is 10.0 Å². The Bertz CT molecular complexity index is 951. The normalized spacial score (nSPS) is 11.0. The van der Waals surface area contributed by atoms with Gasteiger partial charge in [0.2, 0.25) is 0 Å². The third-order valence-corrected chi connectivity index (χ3v) is 4.37. The van der Waals surface area contributed by atoms with Crippen LogP contribution in [-0.2, 0) is 6.54 Å². The van der Waals surface area contributed by atoms with Gasteiger partial charge in [0.05, 0.1) is 30.3 Å². The molecule has 5 nitrogen and oxygen atoms in total. The first kappa shape index (κ1) is 16.6. The molecule has 124 valence electrons. The third kappa shape index (κ3) is 2.92. The maximum absolute atomic E-state index is 11.3. The number of methoxy groups -OCH3 is 1. The van der Waals surface area contributed by atoms with E-state index >= 15 is 0 Å². The Morgan fingerprint density at radius 2 is 2.04 bits per heavy atom. The van der Waals surface area contributed by atoms with Gasteiger partial charge in [-0.25, -0.2) is 4.79 Å². The molecule has 0 fully saturated rings. The topological polar surface area (TPSA) is 64.3 Å². The summed E-state index contributed by atoms with van der Waals surface area (Å²) in [6.45, 7) is 2.21. The lowest BCUT2D eigenvalue weighted by atomic mass is 10.1. The van der Waals surface area contributed by atoms with Crippen molar-refractivity contribution >= 4 is 40.2 Å². The summed E-state index contributed by atoms with van der Waals surface area (Å²) >= 11 is 12.2. The highest BCUT2D eigenvalue weighted by Gasteiger charge is 2.17. The number of aromatic nitrogens is 2. The zero-order valence-corrected chi connectivity index (χ0v) is 14.5. The van der Waals surface area contributed by atoms with Crippen LogP contribution in [0.2, 0.25) is 10.0 Å². The van der Waals surface area contributed by atoms with Crippen LogP contribution in [0.4, 0.5) is 0 Å². The molecule has 3 rings (SSSR count). The molecule has 0 aliphatic heterocycles. The van der Waals surface area contributed by atoms with Crippen molar-refractivity contribution < 1.29 is 14.6 Å². The molecule has 1 aromatic heterocycles. The molecule has 0 aliphatic carbocycles. The largest absolute Gasteiger partial charge is 0.478 e. The summed E-state index contributed by atoms with van der Waals surface area (Å²) in [5, 5.41) is 10.4. The molecule has 1 N–H and O–H groups in total. The van der Waals surface area contributed by atoms with E-state index in [1.165, 1.54) is 7.11 Å². The molecular weight excluding hydrogens is 351 g/mol. The van der Waals surface area contributed by atoms with E-state index in [-0.39, 0.29) is 5.56 Å². The highest BCUT2D eigenvalue weighted by Crippen LogP contribution is 2.29. The molecule has 7 heteroatoms. The highest BCUT2D eigenvalue weighted by atomic mass is 35.5. The summed E-state index contributed by atoms with van der Waals surface area (Å²) in [6.07, 6.45) is 0. The van der Waals surface area contributed by atoms with E-state index in [0.717, 1.165) is 11.1 Å². The maximum Gasteiger partial charge on any atom is 0.335 e. The number of aromatic carboxylic acids is 1. The first-order valence-electron chi connectivity index (χ1n) is 7.13. The van der Waals surface area contributed by atoms with E-state index in [4.69, 9.17) is 27.9 Å². The van der Waals surface area contributed by atoms with Gasteiger partial charge in [0.1, 0.15) is 0 Å². The van der Waals surface area contributed by atoms with Gasteiger partial charge < -0.3 is 9.84 Å². The second-order valence-electron chi connectivity index (χ2n) is 5.39. The Balaban J connectivity index is 2.19. The quantitative estimate of drug-likeness (QED) is 0.744. The number of halogens is 2. The molecule has 0 unspecified atom stereocenters. The van der Waals surface area contributed by atoms with Crippen molar-refractivity contribution in [3.8, 4) is 6.01 Å². The molecular formula is C17H14Cl2N2O3. The lowest BCUT2D eigenvalue weighted by Gasteiger charge is -2.10. The van der Waals surface area contributed by atoms with Crippen molar-refractivity contribution in [2.24, 2.45) is 0 Å². The summed E-state index contributed by atoms with van der Waals surface area (Å²) in [5.41, 5.74) is 3.17. The minimum Gasteiger partial charge on any atom is -0.478 e. The van der Waals surface area contributed by atoms with Crippen LogP contribution in [0.3, 0.4) is 0 Å². The van der Waals surface area contributed by atoms with Crippen LogP contribution in [0.1, 0.15) is 21.5 Å². The zero-order valence-electron chi connectivity index (χ0n) is 13.0. The van der Waals surface area contributed by atoms with Crippen LogP contribution in [0.5, 0.6) is 6.01 Å². The highest BCUT2D eigenvalue weighted by molar-refractivity contribution is 6.35. The van der Waals surface area contributed by atoms with Crippen molar-refractivity contribution in [1.82, 2.24) is 9.55 Å². The number of imidazole rings is 1. The smallest absolute Gasteiger partial charge is 0.335 e. The zero-order chi connectivity index (χ0) is 17.4. The maximum atomic E-state index is 11.3. The van der Waals surface area contributed by atoms with Gasteiger partial charge in [-0.1, -0.05) is 29.3 Å². The Morgan fingerprint density at radius 1 is 1.29 bits per heavy atom. The van der Waals surface area contributed by atoms with Gasteiger partial charge in [0.25, 0.3) is 6.01 Å². The molecule has 0 saturated heterocycles. The first-order chi connectivity index (χ1) is 11.4. The molecule has 0 aliphatic rings. The number of aryl methyl sites for hydroxylation is 1. The van der Waals surface area contributed by atoms with Gasteiger partial charge in [-0.15, -0.1) is 0 Å². The van der Waals surface area contributed by atoms with Crippen LogP contribution in [0, 0.1) is 6.92 Å². The molecule has 0 radical (unpaired) electrons. The van der Waals surface area contributed by atoms with Crippen molar-refractivity contribution in [1.29, 1.82) is 0 Å². The molecule has 0 spiro atoms. The second kappa shape index (κ2) is 6.34. The molecule has 0 amide bonds. The number of hydrogen-bond acceptors (Lipinski definition) is 3. The molecule has 0 atom stereocenters. The standard InChI is InChI=1S/C17H14Cl2N2O3/c1-9-5-11(16(22)23)6-14-15(9)20-17(24-2)21(14)8-10-3-4-12(18)7-13(10)19/h3-7H,8H2,1-2H3,(H,22,23). The number of ether oxygens (including phenoxy) is 1. The van der Waals surface area contributed by atoms with Crippen molar-refractivity contribution in [2.75, 3.05) is 7.11 Å². The Morgan fingerprint density at radius 3 is 2.67 bits per heavy atom. The molecule has 3 aromatic rings. The van der Waals surface area contributed by atoms with E-state index in [0.29, 0.717) is 33.6 Å². The Labute approximate surface area is 148 Å². The monoisotopic (exact) mass is 364 g/mol. The molecule has 1 heterocycles. The molecule has 0 saturated carbocycles. The molecule has 2 aromatic carbocycles. The van der Waals surface area contributed by atoms with Crippen LogP contribution in [0.15, 0.2) is 30.3 Å². The summed E-state index contributed by atoms with van der Waals surface area (Å²) in [4.78, 5) is 15.8. The number of nitrogens with zero attached hydrogens (tertiary/aromatic N) is 2. The van der Waals surface area contributed by atoms with Crippen LogP contribution in [0.25, 0.3) is 11.0 Å². The van der Waals surface area contributed by atoms with Crippen molar-refractivity contribution in [2.45, 2.75) is 13.5 Å².